The predicted octanol–water partition coefficient (Wildman–Crippen LogP) is 3.20. The van der Waals surface area contributed by atoms with Crippen LogP contribution in [0.1, 0.15) is 18.5 Å². The Morgan fingerprint density at radius 2 is 2.22 bits per heavy atom. The first-order chi connectivity index (χ1) is 8.43. The molecule has 2 aromatic rings. The van der Waals surface area contributed by atoms with E-state index >= 15 is 0 Å². The predicted molar refractivity (Wildman–Crippen MR) is 62.7 cm³/mol. The number of rotatable bonds is 3. The van der Waals surface area contributed by atoms with E-state index in [4.69, 9.17) is 11.6 Å². The normalized spacial score (nSPS) is 14.1. The Morgan fingerprint density at radius 1 is 1.50 bits per heavy atom. The highest BCUT2D eigenvalue weighted by molar-refractivity contribution is 6.33. The molecule has 1 N–H and O–H groups in total. The third-order valence-corrected chi connectivity index (χ3v) is 2.81. The quantitative estimate of drug-likeness (QED) is 0.933. The van der Waals surface area contributed by atoms with Crippen LogP contribution < -0.4 is 5.32 Å². The molecule has 98 valence electrons. The summed E-state index contributed by atoms with van der Waals surface area (Å²) >= 11 is 5.92. The number of pyridine rings is 1. The Kier molecular flexibility index (Phi) is 3.49. The van der Waals surface area contributed by atoms with Gasteiger partial charge in [-0.05, 0) is 18.2 Å². The number of halogens is 4. The van der Waals surface area contributed by atoms with Crippen LogP contribution in [0.25, 0.3) is 5.65 Å². The molecule has 0 saturated heterocycles. The second-order valence-electron chi connectivity index (χ2n) is 3.81. The Morgan fingerprint density at radius 3 is 2.83 bits per heavy atom. The van der Waals surface area contributed by atoms with E-state index in [1.807, 2.05) is 0 Å². The molecule has 2 rings (SSSR count). The van der Waals surface area contributed by atoms with Crippen LogP contribution in [0.3, 0.4) is 0 Å². The van der Waals surface area contributed by atoms with Crippen LogP contribution in [0.2, 0.25) is 5.02 Å². The molecule has 0 aliphatic rings. The van der Waals surface area contributed by atoms with Crippen molar-refractivity contribution in [1.29, 1.82) is 0 Å². The highest BCUT2D eigenvalue weighted by Crippen LogP contribution is 2.34. The van der Waals surface area contributed by atoms with E-state index in [2.05, 4.69) is 10.3 Å². The van der Waals surface area contributed by atoms with E-state index in [1.165, 1.54) is 22.9 Å². The summed E-state index contributed by atoms with van der Waals surface area (Å²) in [5.41, 5.74) is 0.512. The van der Waals surface area contributed by atoms with E-state index in [0.717, 1.165) is 0 Å². The van der Waals surface area contributed by atoms with Crippen LogP contribution in [-0.2, 0) is 0 Å². The van der Waals surface area contributed by atoms with Gasteiger partial charge in [-0.3, -0.25) is 0 Å². The van der Waals surface area contributed by atoms with Gasteiger partial charge in [0.15, 0.2) is 5.65 Å². The van der Waals surface area contributed by atoms with Gasteiger partial charge in [0.05, 0.1) is 5.02 Å². The third-order valence-electron chi connectivity index (χ3n) is 2.53. The lowest BCUT2D eigenvalue weighted by Crippen LogP contribution is -2.34. The zero-order valence-electron chi connectivity index (χ0n) is 9.50. The van der Waals surface area contributed by atoms with Crippen molar-refractivity contribution in [2.75, 3.05) is 6.54 Å². The lowest BCUT2D eigenvalue weighted by Gasteiger charge is -2.21. The number of nitrogens with zero attached hydrogens (tertiary/aromatic N) is 2. The van der Waals surface area contributed by atoms with Gasteiger partial charge in [-0.2, -0.15) is 13.2 Å². The minimum atomic E-state index is -4.37. The fraction of sp³-hybridized carbons (Fsp3) is 0.364. The molecule has 2 heterocycles. The summed E-state index contributed by atoms with van der Waals surface area (Å²) < 4.78 is 40.2. The van der Waals surface area contributed by atoms with Crippen molar-refractivity contribution in [2.45, 2.75) is 19.1 Å². The van der Waals surface area contributed by atoms with Gasteiger partial charge in [0.2, 0.25) is 0 Å². The van der Waals surface area contributed by atoms with Crippen molar-refractivity contribution < 1.29 is 13.2 Å². The molecule has 0 radical (unpaired) electrons. The minimum absolute atomic E-state index is 0.0693. The van der Waals surface area contributed by atoms with Crippen LogP contribution in [-0.4, -0.2) is 22.1 Å². The molecule has 0 fully saturated rings. The first kappa shape index (κ1) is 13.2. The Hall–Kier alpha value is -1.27. The van der Waals surface area contributed by atoms with Crippen molar-refractivity contribution in [2.24, 2.45) is 0 Å². The van der Waals surface area contributed by atoms with Gasteiger partial charge >= 0.3 is 6.18 Å². The average Bonchev–Trinajstić information content (AvgIpc) is 2.72. The number of alkyl halides is 3. The van der Waals surface area contributed by atoms with Crippen molar-refractivity contribution in [1.82, 2.24) is 14.7 Å². The van der Waals surface area contributed by atoms with E-state index in [-0.39, 0.29) is 17.1 Å². The van der Waals surface area contributed by atoms with E-state index in [9.17, 15) is 13.2 Å². The van der Waals surface area contributed by atoms with Crippen LogP contribution >= 0.6 is 11.6 Å². The largest absolute Gasteiger partial charge is 0.407 e. The number of fused-ring (bicyclic) bond motifs is 1. The Balaban J connectivity index is 2.50. The van der Waals surface area contributed by atoms with Crippen LogP contribution in [0.5, 0.6) is 0 Å². The summed E-state index contributed by atoms with van der Waals surface area (Å²) in [5.74, 6) is 0. The molecule has 0 spiro atoms. The maximum absolute atomic E-state index is 12.9. The first-order valence-corrected chi connectivity index (χ1v) is 5.73. The van der Waals surface area contributed by atoms with E-state index in [0.29, 0.717) is 5.65 Å². The second-order valence-corrected chi connectivity index (χ2v) is 4.22. The number of hydrogen-bond acceptors (Lipinski definition) is 2. The minimum Gasteiger partial charge on any atom is -0.306 e. The smallest absolute Gasteiger partial charge is 0.306 e. The fourth-order valence-electron chi connectivity index (χ4n) is 1.80. The SMILES string of the molecule is CCNC(c1cc(Cl)c2nccn2c1)C(F)(F)F. The lowest BCUT2D eigenvalue weighted by atomic mass is 10.1. The summed E-state index contributed by atoms with van der Waals surface area (Å²) in [4.78, 5) is 3.96. The number of imidazole rings is 1. The molecule has 7 heteroatoms. The van der Waals surface area contributed by atoms with Crippen molar-refractivity contribution in [3.63, 3.8) is 0 Å². The second kappa shape index (κ2) is 4.78. The van der Waals surface area contributed by atoms with E-state index < -0.39 is 12.2 Å². The molecule has 1 atom stereocenters. The molecule has 0 bridgehead atoms. The number of aromatic nitrogens is 2. The van der Waals surface area contributed by atoms with Gasteiger partial charge in [0.1, 0.15) is 6.04 Å². The fourth-order valence-corrected chi connectivity index (χ4v) is 2.07. The molecule has 3 nitrogen and oxygen atoms in total. The summed E-state index contributed by atoms with van der Waals surface area (Å²) in [6.07, 6.45) is 0.0631. The van der Waals surface area contributed by atoms with Crippen molar-refractivity contribution >= 4 is 17.2 Å². The average molecular weight is 278 g/mol. The summed E-state index contributed by atoms with van der Waals surface area (Å²) in [6, 6.07) is -0.433. The Bertz CT molecular complexity index is 550. The molecular formula is C11H11ClF3N3. The monoisotopic (exact) mass is 277 g/mol. The molecular weight excluding hydrogens is 267 g/mol. The summed E-state index contributed by atoms with van der Waals surface area (Å²) in [6.45, 7) is 1.83. The maximum atomic E-state index is 12.9. The van der Waals surface area contributed by atoms with Gasteiger partial charge in [0.25, 0.3) is 0 Å². The maximum Gasteiger partial charge on any atom is 0.407 e. The van der Waals surface area contributed by atoms with Crippen LogP contribution in [0.4, 0.5) is 13.2 Å². The molecule has 2 aromatic heterocycles. The van der Waals surface area contributed by atoms with Gasteiger partial charge in [0, 0.05) is 18.6 Å². The molecule has 18 heavy (non-hydrogen) atoms. The molecule has 0 aromatic carbocycles. The third kappa shape index (κ3) is 2.44. The summed E-state index contributed by atoms with van der Waals surface area (Å²) in [7, 11) is 0. The zero-order valence-corrected chi connectivity index (χ0v) is 10.3. The van der Waals surface area contributed by atoms with Gasteiger partial charge < -0.3 is 9.72 Å². The highest BCUT2D eigenvalue weighted by atomic mass is 35.5. The highest BCUT2D eigenvalue weighted by Gasteiger charge is 2.40. The van der Waals surface area contributed by atoms with Crippen LogP contribution in [0.15, 0.2) is 24.7 Å². The van der Waals surface area contributed by atoms with Gasteiger partial charge in [-0.25, -0.2) is 4.98 Å². The number of hydrogen-bond donors (Lipinski definition) is 1. The van der Waals surface area contributed by atoms with Crippen LogP contribution in [0, 0.1) is 0 Å². The molecule has 0 aliphatic carbocycles. The van der Waals surface area contributed by atoms with Gasteiger partial charge in [-0.15, -0.1) is 0 Å². The number of nitrogens with one attached hydrogen (secondary N) is 1. The van der Waals surface area contributed by atoms with E-state index in [1.54, 1.807) is 13.1 Å². The Labute approximate surface area is 107 Å². The topological polar surface area (TPSA) is 29.3 Å². The molecule has 0 amide bonds. The lowest BCUT2D eigenvalue weighted by molar-refractivity contribution is -0.157. The zero-order chi connectivity index (χ0) is 13.3. The summed E-state index contributed by atoms with van der Waals surface area (Å²) in [5, 5.41) is 2.60. The molecule has 0 aliphatic heterocycles. The molecule has 0 saturated carbocycles. The van der Waals surface area contributed by atoms with Crippen molar-refractivity contribution in [3.8, 4) is 0 Å². The molecule has 1 unspecified atom stereocenters. The standard InChI is InChI=1S/C11H11ClF3N3/c1-2-16-9(11(13,14)15)7-5-8(12)10-17-3-4-18(10)6-7/h3-6,9,16H,2H2,1H3. The first-order valence-electron chi connectivity index (χ1n) is 5.35. The van der Waals surface area contributed by atoms with Gasteiger partial charge in [-0.1, -0.05) is 18.5 Å². The van der Waals surface area contributed by atoms with Crippen molar-refractivity contribution in [3.05, 3.63) is 35.2 Å².